The van der Waals surface area contributed by atoms with Crippen molar-refractivity contribution in [2.45, 2.75) is 12.6 Å². The van der Waals surface area contributed by atoms with Gasteiger partial charge in [0.2, 0.25) is 0 Å². The van der Waals surface area contributed by atoms with Crippen LogP contribution in [0.5, 0.6) is 0 Å². The Kier molecular flexibility index (Phi) is 3.54. The molecule has 6 heteroatoms. The van der Waals surface area contributed by atoms with Gasteiger partial charge in [0, 0.05) is 3.57 Å². The summed E-state index contributed by atoms with van der Waals surface area (Å²) in [7, 11) is 0. The second-order valence-corrected chi connectivity index (χ2v) is 3.93. The first-order chi connectivity index (χ1) is 6.86. The van der Waals surface area contributed by atoms with E-state index in [-0.39, 0.29) is 15.6 Å². The molecule has 0 aliphatic carbocycles. The van der Waals surface area contributed by atoms with Crippen LogP contribution in [0.3, 0.4) is 0 Å². The Morgan fingerprint density at radius 3 is 2.40 bits per heavy atom. The van der Waals surface area contributed by atoms with Gasteiger partial charge in [0.15, 0.2) is 0 Å². The van der Waals surface area contributed by atoms with Crippen LogP contribution >= 0.6 is 22.6 Å². The standard InChI is InChI=1S/C9H4F4IN/c10-8-6(9(11,12)13)3-5(1-2-15)4-7(8)14/h3-4H,1H2. The molecule has 1 aromatic rings. The van der Waals surface area contributed by atoms with E-state index in [4.69, 9.17) is 5.26 Å². The fourth-order valence-electron chi connectivity index (χ4n) is 1.04. The van der Waals surface area contributed by atoms with Gasteiger partial charge >= 0.3 is 6.18 Å². The van der Waals surface area contributed by atoms with E-state index < -0.39 is 17.6 Å². The third-order valence-electron chi connectivity index (χ3n) is 1.68. The van der Waals surface area contributed by atoms with E-state index in [0.717, 1.165) is 0 Å². The predicted octanol–water partition coefficient (Wildman–Crippen LogP) is 3.52. The summed E-state index contributed by atoms with van der Waals surface area (Å²) in [6.45, 7) is 0. The second-order valence-electron chi connectivity index (χ2n) is 2.77. The molecule has 1 aromatic carbocycles. The number of hydrogen-bond donors (Lipinski definition) is 0. The van der Waals surface area contributed by atoms with Crippen LogP contribution < -0.4 is 0 Å². The fourth-order valence-corrected chi connectivity index (χ4v) is 1.74. The largest absolute Gasteiger partial charge is 0.419 e. The van der Waals surface area contributed by atoms with Gasteiger partial charge in [-0.1, -0.05) is 0 Å². The summed E-state index contributed by atoms with van der Waals surface area (Å²) in [6.07, 6.45) is -4.89. The Bertz CT molecular complexity index is 419. The number of nitriles is 1. The lowest BCUT2D eigenvalue weighted by Crippen LogP contribution is -2.10. The van der Waals surface area contributed by atoms with E-state index in [1.165, 1.54) is 28.7 Å². The molecule has 0 N–H and O–H groups in total. The van der Waals surface area contributed by atoms with E-state index in [2.05, 4.69) is 0 Å². The van der Waals surface area contributed by atoms with E-state index in [1.54, 1.807) is 6.07 Å². The van der Waals surface area contributed by atoms with Crippen molar-refractivity contribution in [3.8, 4) is 6.07 Å². The molecule has 0 heterocycles. The van der Waals surface area contributed by atoms with Gasteiger partial charge in [-0.3, -0.25) is 0 Å². The first kappa shape index (κ1) is 12.2. The molecule has 0 saturated heterocycles. The minimum absolute atomic E-state index is 0.132. The zero-order valence-electron chi connectivity index (χ0n) is 7.20. The van der Waals surface area contributed by atoms with Gasteiger partial charge in [0.25, 0.3) is 0 Å². The third-order valence-corrected chi connectivity index (χ3v) is 2.46. The summed E-state index contributed by atoms with van der Waals surface area (Å²) in [5.41, 5.74) is -1.16. The molecule has 0 aliphatic rings. The van der Waals surface area contributed by atoms with E-state index in [0.29, 0.717) is 6.07 Å². The average molecular weight is 329 g/mol. The Labute approximate surface area is 96.8 Å². The van der Waals surface area contributed by atoms with Gasteiger partial charge in [-0.15, -0.1) is 0 Å². The maximum atomic E-state index is 13.1. The molecule has 0 unspecified atom stereocenters. The molecule has 0 atom stereocenters. The van der Waals surface area contributed by atoms with Crippen LogP contribution in [0, 0.1) is 20.7 Å². The van der Waals surface area contributed by atoms with Crippen molar-refractivity contribution in [3.05, 3.63) is 32.6 Å². The molecule has 1 nitrogen and oxygen atoms in total. The van der Waals surface area contributed by atoms with Crippen molar-refractivity contribution >= 4 is 22.6 Å². The van der Waals surface area contributed by atoms with Crippen molar-refractivity contribution in [1.82, 2.24) is 0 Å². The number of benzene rings is 1. The molecule has 0 amide bonds. The second kappa shape index (κ2) is 4.35. The number of rotatable bonds is 1. The summed E-state index contributed by atoms with van der Waals surface area (Å²) in [6, 6.07) is 3.61. The molecular weight excluding hydrogens is 325 g/mol. The molecule has 0 fully saturated rings. The summed E-state index contributed by atoms with van der Waals surface area (Å²) < 4.78 is 49.9. The smallest absolute Gasteiger partial charge is 0.205 e. The van der Waals surface area contributed by atoms with Crippen molar-refractivity contribution in [1.29, 1.82) is 5.26 Å². The Morgan fingerprint density at radius 2 is 1.93 bits per heavy atom. The molecule has 0 spiro atoms. The minimum Gasteiger partial charge on any atom is -0.205 e. The number of nitrogens with zero attached hydrogens (tertiary/aromatic N) is 1. The fraction of sp³-hybridized carbons (Fsp3) is 0.222. The predicted molar refractivity (Wildman–Crippen MR) is 53.4 cm³/mol. The zero-order chi connectivity index (χ0) is 11.6. The summed E-state index contributed by atoms with van der Waals surface area (Å²) in [4.78, 5) is 0. The van der Waals surface area contributed by atoms with Gasteiger partial charge in [-0.2, -0.15) is 18.4 Å². The Morgan fingerprint density at radius 1 is 1.33 bits per heavy atom. The first-order valence-electron chi connectivity index (χ1n) is 3.78. The van der Waals surface area contributed by atoms with Crippen LogP contribution in [0.2, 0.25) is 0 Å². The molecule has 0 bridgehead atoms. The highest BCUT2D eigenvalue weighted by Crippen LogP contribution is 2.33. The minimum atomic E-state index is -4.73. The molecule has 0 aliphatic heterocycles. The Balaban J connectivity index is 3.33. The monoisotopic (exact) mass is 329 g/mol. The SMILES string of the molecule is N#CCc1cc(I)c(F)c(C(F)(F)F)c1. The van der Waals surface area contributed by atoms with E-state index in [9.17, 15) is 17.6 Å². The molecular formula is C9H4F4IN. The van der Waals surface area contributed by atoms with Crippen molar-refractivity contribution in [2.75, 3.05) is 0 Å². The Hall–Kier alpha value is -0.840. The van der Waals surface area contributed by atoms with Crippen LogP contribution in [0.15, 0.2) is 12.1 Å². The van der Waals surface area contributed by atoms with Gasteiger partial charge in [0.1, 0.15) is 5.82 Å². The van der Waals surface area contributed by atoms with Gasteiger partial charge < -0.3 is 0 Å². The van der Waals surface area contributed by atoms with Gasteiger partial charge in [-0.25, -0.2) is 4.39 Å². The van der Waals surface area contributed by atoms with E-state index in [1.807, 2.05) is 0 Å². The molecule has 0 saturated carbocycles. The maximum Gasteiger partial charge on any atom is 0.419 e. The summed E-state index contributed by atoms with van der Waals surface area (Å²) in [5.74, 6) is -1.29. The molecule has 15 heavy (non-hydrogen) atoms. The topological polar surface area (TPSA) is 23.8 Å². The summed E-state index contributed by atoms with van der Waals surface area (Å²) in [5, 5.41) is 8.35. The summed E-state index contributed by atoms with van der Waals surface area (Å²) >= 11 is 1.47. The molecule has 1 rings (SSSR count). The number of hydrogen-bond acceptors (Lipinski definition) is 1. The van der Waals surface area contributed by atoms with Crippen molar-refractivity contribution in [2.24, 2.45) is 0 Å². The molecule has 80 valence electrons. The van der Waals surface area contributed by atoms with Crippen LogP contribution in [0.1, 0.15) is 11.1 Å². The average Bonchev–Trinajstić information content (AvgIpc) is 2.09. The highest BCUT2D eigenvalue weighted by molar-refractivity contribution is 14.1. The highest BCUT2D eigenvalue weighted by atomic mass is 127. The zero-order valence-corrected chi connectivity index (χ0v) is 9.36. The molecule has 0 aromatic heterocycles. The van der Waals surface area contributed by atoms with Gasteiger partial charge in [0.05, 0.1) is 18.1 Å². The van der Waals surface area contributed by atoms with Crippen LogP contribution in [0.25, 0.3) is 0 Å². The normalized spacial score (nSPS) is 11.2. The van der Waals surface area contributed by atoms with Crippen LogP contribution in [-0.2, 0) is 12.6 Å². The lowest BCUT2D eigenvalue weighted by Gasteiger charge is -2.10. The quantitative estimate of drug-likeness (QED) is 0.571. The highest BCUT2D eigenvalue weighted by Gasteiger charge is 2.35. The lowest BCUT2D eigenvalue weighted by molar-refractivity contribution is -0.140. The van der Waals surface area contributed by atoms with Crippen LogP contribution in [0.4, 0.5) is 17.6 Å². The third kappa shape index (κ3) is 2.81. The first-order valence-corrected chi connectivity index (χ1v) is 4.86. The number of alkyl halides is 3. The molecule has 0 radical (unpaired) electrons. The van der Waals surface area contributed by atoms with Gasteiger partial charge in [-0.05, 0) is 40.3 Å². The number of halogens is 5. The lowest BCUT2D eigenvalue weighted by atomic mass is 10.1. The van der Waals surface area contributed by atoms with Crippen molar-refractivity contribution in [3.63, 3.8) is 0 Å². The van der Waals surface area contributed by atoms with Crippen molar-refractivity contribution < 1.29 is 17.6 Å². The maximum absolute atomic E-state index is 13.1. The van der Waals surface area contributed by atoms with E-state index >= 15 is 0 Å². The van der Waals surface area contributed by atoms with Crippen LogP contribution in [-0.4, -0.2) is 0 Å².